The average Bonchev–Trinajstić information content (AvgIpc) is 2.92. The van der Waals surface area contributed by atoms with Gasteiger partial charge in [0.1, 0.15) is 5.75 Å². The first-order chi connectivity index (χ1) is 9.29. The van der Waals surface area contributed by atoms with Crippen LogP contribution in [0, 0.1) is 0 Å². The fraction of sp³-hybridized carbons (Fsp3) is 0.600. The van der Waals surface area contributed by atoms with Crippen molar-refractivity contribution in [1.82, 2.24) is 4.90 Å². The van der Waals surface area contributed by atoms with Crippen LogP contribution in [-0.4, -0.2) is 49.5 Å². The molecule has 0 radical (unpaired) electrons. The Morgan fingerprint density at radius 1 is 1.26 bits per heavy atom. The minimum Gasteiger partial charge on any atom is -0.496 e. The Morgan fingerprint density at radius 3 is 2.74 bits per heavy atom. The lowest BCUT2D eigenvalue weighted by molar-refractivity contribution is 0.0129. The minimum absolute atomic E-state index is 0.370. The molecule has 2 rings (SSSR count). The summed E-state index contributed by atoms with van der Waals surface area (Å²) in [6, 6.07) is 7.79. The molecule has 0 spiro atoms. The molecule has 1 aliphatic rings. The van der Waals surface area contributed by atoms with E-state index in [9.17, 15) is 5.11 Å². The molecule has 1 aliphatic heterocycles. The highest BCUT2D eigenvalue weighted by Gasteiger charge is 2.15. The standard InChI is InChI=1S/C15H23NO3/c1-18-15-7-3-2-6-13(15)11-19-12-14(17)10-16-8-4-5-9-16/h2-3,6-7,14,17H,4-5,8-12H2,1H3. The molecule has 1 atom stereocenters. The van der Waals surface area contributed by atoms with Gasteiger partial charge in [-0.05, 0) is 32.0 Å². The number of ether oxygens (including phenoxy) is 2. The van der Waals surface area contributed by atoms with Crippen molar-refractivity contribution in [3.8, 4) is 5.75 Å². The molecule has 106 valence electrons. The summed E-state index contributed by atoms with van der Waals surface area (Å²) in [5, 5.41) is 9.92. The summed E-state index contributed by atoms with van der Waals surface area (Å²) in [6.07, 6.45) is 2.08. The van der Waals surface area contributed by atoms with E-state index in [1.165, 1.54) is 12.8 Å². The number of likely N-dealkylation sites (tertiary alicyclic amines) is 1. The van der Waals surface area contributed by atoms with Crippen LogP contribution in [0.5, 0.6) is 5.75 Å². The number of hydrogen-bond acceptors (Lipinski definition) is 4. The smallest absolute Gasteiger partial charge is 0.124 e. The van der Waals surface area contributed by atoms with Crippen molar-refractivity contribution in [3.63, 3.8) is 0 Å². The third-order valence-electron chi connectivity index (χ3n) is 3.43. The maximum Gasteiger partial charge on any atom is 0.124 e. The van der Waals surface area contributed by atoms with E-state index in [-0.39, 0.29) is 0 Å². The van der Waals surface area contributed by atoms with Crippen LogP contribution < -0.4 is 4.74 Å². The van der Waals surface area contributed by atoms with E-state index >= 15 is 0 Å². The number of aliphatic hydroxyl groups excluding tert-OH is 1. The van der Waals surface area contributed by atoms with Gasteiger partial charge < -0.3 is 19.5 Å². The van der Waals surface area contributed by atoms with Crippen molar-refractivity contribution in [3.05, 3.63) is 29.8 Å². The molecule has 1 heterocycles. The molecule has 19 heavy (non-hydrogen) atoms. The molecule has 1 aromatic rings. The van der Waals surface area contributed by atoms with Gasteiger partial charge in [-0.25, -0.2) is 0 Å². The predicted octanol–water partition coefficient (Wildman–Crippen LogP) is 1.67. The van der Waals surface area contributed by atoms with E-state index in [0.717, 1.165) is 24.4 Å². The Kier molecular flexibility index (Phi) is 5.63. The highest BCUT2D eigenvalue weighted by molar-refractivity contribution is 5.32. The summed E-state index contributed by atoms with van der Waals surface area (Å²) in [4.78, 5) is 2.29. The van der Waals surface area contributed by atoms with Gasteiger partial charge in [-0.2, -0.15) is 0 Å². The van der Waals surface area contributed by atoms with Crippen molar-refractivity contribution >= 4 is 0 Å². The van der Waals surface area contributed by atoms with Crippen molar-refractivity contribution < 1.29 is 14.6 Å². The van der Waals surface area contributed by atoms with E-state index < -0.39 is 6.10 Å². The van der Waals surface area contributed by atoms with Crippen LogP contribution in [-0.2, 0) is 11.3 Å². The molecule has 1 N–H and O–H groups in total. The molecule has 0 saturated carbocycles. The van der Waals surface area contributed by atoms with Gasteiger partial charge in [-0.1, -0.05) is 18.2 Å². The first-order valence-electron chi connectivity index (χ1n) is 6.89. The lowest BCUT2D eigenvalue weighted by atomic mass is 10.2. The summed E-state index contributed by atoms with van der Waals surface area (Å²) in [7, 11) is 1.65. The third kappa shape index (κ3) is 4.49. The molecule has 1 saturated heterocycles. The second-order valence-corrected chi connectivity index (χ2v) is 4.99. The maximum atomic E-state index is 9.92. The van der Waals surface area contributed by atoms with Crippen molar-refractivity contribution in [2.45, 2.75) is 25.6 Å². The number of β-amino-alcohol motifs (C(OH)–C–C–N with tert-alkyl or cyclic N) is 1. The molecule has 1 unspecified atom stereocenters. The number of methoxy groups -OCH3 is 1. The summed E-state index contributed by atoms with van der Waals surface area (Å²) < 4.78 is 10.8. The summed E-state index contributed by atoms with van der Waals surface area (Å²) in [5.74, 6) is 0.830. The van der Waals surface area contributed by atoms with Crippen molar-refractivity contribution in [2.24, 2.45) is 0 Å². The van der Waals surface area contributed by atoms with Crippen LogP contribution in [0.15, 0.2) is 24.3 Å². The van der Waals surface area contributed by atoms with Gasteiger partial charge in [-0.15, -0.1) is 0 Å². The van der Waals surface area contributed by atoms with E-state index in [2.05, 4.69) is 4.90 Å². The second kappa shape index (κ2) is 7.48. The van der Waals surface area contributed by atoms with Gasteiger partial charge in [0.05, 0.1) is 26.4 Å². The second-order valence-electron chi connectivity index (χ2n) is 4.99. The van der Waals surface area contributed by atoms with E-state index in [4.69, 9.17) is 9.47 Å². The van der Waals surface area contributed by atoms with Crippen molar-refractivity contribution in [2.75, 3.05) is 33.4 Å². The van der Waals surface area contributed by atoms with Gasteiger partial charge in [0, 0.05) is 12.1 Å². The Labute approximate surface area is 114 Å². The summed E-state index contributed by atoms with van der Waals surface area (Å²) >= 11 is 0. The largest absolute Gasteiger partial charge is 0.496 e. The Hall–Kier alpha value is -1.10. The van der Waals surface area contributed by atoms with Gasteiger partial charge in [0.25, 0.3) is 0 Å². The SMILES string of the molecule is COc1ccccc1COCC(O)CN1CCCC1. The number of rotatable bonds is 7. The third-order valence-corrected chi connectivity index (χ3v) is 3.43. The first-order valence-corrected chi connectivity index (χ1v) is 6.89. The van der Waals surface area contributed by atoms with Crippen LogP contribution >= 0.6 is 0 Å². The molecule has 0 amide bonds. The lowest BCUT2D eigenvalue weighted by Crippen LogP contribution is -2.32. The average molecular weight is 265 g/mol. The zero-order valence-electron chi connectivity index (χ0n) is 11.5. The molecule has 1 fully saturated rings. The number of benzene rings is 1. The van der Waals surface area contributed by atoms with Crippen LogP contribution in [0.25, 0.3) is 0 Å². The number of para-hydroxylation sites is 1. The van der Waals surface area contributed by atoms with Gasteiger partial charge in [0.2, 0.25) is 0 Å². The van der Waals surface area contributed by atoms with E-state index in [1.54, 1.807) is 7.11 Å². The molecule has 1 aromatic carbocycles. The molecular weight excluding hydrogens is 242 g/mol. The van der Waals surface area contributed by atoms with Gasteiger partial charge in [-0.3, -0.25) is 0 Å². The molecule has 0 aliphatic carbocycles. The van der Waals surface area contributed by atoms with Gasteiger partial charge >= 0.3 is 0 Å². The normalized spacial score (nSPS) is 17.6. The zero-order valence-corrected chi connectivity index (χ0v) is 11.5. The molecule has 0 aromatic heterocycles. The van der Waals surface area contributed by atoms with Crippen LogP contribution in [0.4, 0.5) is 0 Å². The monoisotopic (exact) mass is 265 g/mol. The van der Waals surface area contributed by atoms with E-state index in [1.807, 2.05) is 24.3 Å². The predicted molar refractivity (Wildman–Crippen MR) is 74.3 cm³/mol. The van der Waals surface area contributed by atoms with Crippen LogP contribution in [0.3, 0.4) is 0 Å². The Balaban J connectivity index is 1.70. The number of aliphatic hydroxyl groups is 1. The molecule has 4 nitrogen and oxygen atoms in total. The fourth-order valence-corrected chi connectivity index (χ4v) is 2.44. The quantitative estimate of drug-likeness (QED) is 0.814. The minimum atomic E-state index is -0.409. The Bertz CT molecular complexity index is 377. The Morgan fingerprint density at radius 2 is 2.00 bits per heavy atom. The lowest BCUT2D eigenvalue weighted by Gasteiger charge is -2.19. The first kappa shape index (κ1) is 14.3. The molecule has 0 bridgehead atoms. The highest BCUT2D eigenvalue weighted by atomic mass is 16.5. The summed E-state index contributed by atoms with van der Waals surface area (Å²) in [6.45, 7) is 3.76. The highest BCUT2D eigenvalue weighted by Crippen LogP contribution is 2.18. The fourth-order valence-electron chi connectivity index (χ4n) is 2.44. The summed E-state index contributed by atoms with van der Waals surface area (Å²) in [5.41, 5.74) is 1.01. The van der Waals surface area contributed by atoms with Crippen LogP contribution in [0.2, 0.25) is 0 Å². The van der Waals surface area contributed by atoms with Crippen molar-refractivity contribution in [1.29, 1.82) is 0 Å². The van der Waals surface area contributed by atoms with Crippen LogP contribution in [0.1, 0.15) is 18.4 Å². The molecule has 4 heteroatoms. The van der Waals surface area contributed by atoms with Gasteiger partial charge in [0.15, 0.2) is 0 Å². The topological polar surface area (TPSA) is 41.9 Å². The van der Waals surface area contributed by atoms with E-state index in [0.29, 0.717) is 19.8 Å². The zero-order chi connectivity index (χ0) is 13.5. The molecular formula is C15H23NO3. The maximum absolute atomic E-state index is 9.92. The number of hydrogen-bond donors (Lipinski definition) is 1. The number of nitrogens with zero attached hydrogens (tertiary/aromatic N) is 1.